The lowest BCUT2D eigenvalue weighted by molar-refractivity contribution is -0.126. The third-order valence-electron chi connectivity index (χ3n) is 4.39. The van der Waals surface area contributed by atoms with Gasteiger partial charge in [0, 0.05) is 29.3 Å². The van der Waals surface area contributed by atoms with Gasteiger partial charge in [0.1, 0.15) is 0 Å². The topological polar surface area (TPSA) is 133 Å². The predicted octanol–water partition coefficient (Wildman–Crippen LogP) is 1.91. The molecular weight excluding hydrogens is 344 g/mol. The van der Waals surface area contributed by atoms with E-state index in [-0.39, 0.29) is 24.2 Å². The molecular formula is C20H20N4O3. The molecule has 0 aliphatic heterocycles. The van der Waals surface area contributed by atoms with Crippen LogP contribution in [0.5, 0.6) is 0 Å². The number of allylic oxidation sites excluding steroid dienone is 1. The molecule has 0 saturated heterocycles. The molecule has 7 nitrogen and oxygen atoms in total. The van der Waals surface area contributed by atoms with Gasteiger partial charge in [0.15, 0.2) is 5.78 Å². The van der Waals surface area contributed by atoms with Crippen LogP contribution in [-0.2, 0) is 14.4 Å². The Hall–Kier alpha value is -3.61. The molecule has 3 rings (SSSR count). The fourth-order valence-electron chi connectivity index (χ4n) is 3.10. The summed E-state index contributed by atoms with van der Waals surface area (Å²) in [6, 6.07) is 13.6. The molecule has 6 N–H and O–H groups in total. The minimum absolute atomic E-state index is 0.0166. The van der Waals surface area contributed by atoms with E-state index in [4.69, 9.17) is 17.2 Å². The fraction of sp³-hybridized carbons (Fsp3) is 0.150. The molecule has 2 aromatic rings. The molecule has 0 radical (unpaired) electrons. The Balaban J connectivity index is 2.06. The first-order valence-electron chi connectivity index (χ1n) is 8.43. The van der Waals surface area contributed by atoms with Crippen LogP contribution in [0.2, 0.25) is 0 Å². The van der Waals surface area contributed by atoms with E-state index < -0.39 is 17.7 Å². The summed E-state index contributed by atoms with van der Waals surface area (Å²) >= 11 is 0. The highest BCUT2D eigenvalue weighted by molar-refractivity contribution is 6.14. The van der Waals surface area contributed by atoms with Crippen LogP contribution in [0.15, 0.2) is 60.2 Å². The van der Waals surface area contributed by atoms with E-state index in [2.05, 4.69) is 0 Å². The van der Waals surface area contributed by atoms with Crippen molar-refractivity contribution in [3.05, 3.63) is 60.2 Å². The van der Waals surface area contributed by atoms with Crippen LogP contribution in [0.25, 0.3) is 0 Å². The molecule has 1 atom stereocenters. The monoisotopic (exact) mass is 364 g/mol. The largest absolute Gasteiger partial charge is 0.399 e. The Morgan fingerprint density at radius 1 is 0.926 bits per heavy atom. The van der Waals surface area contributed by atoms with Crippen molar-refractivity contribution in [1.29, 1.82) is 0 Å². The van der Waals surface area contributed by atoms with Crippen LogP contribution in [0.1, 0.15) is 12.8 Å². The van der Waals surface area contributed by atoms with Crippen molar-refractivity contribution in [3.8, 4) is 0 Å². The van der Waals surface area contributed by atoms with Crippen molar-refractivity contribution < 1.29 is 14.4 Å². The molecule has 27 heavy (non-hydrogen) atoms. The van der Waals surface area contributed by atoms with Crippen LogP contribution in [0, 0.1) is 5.92 Å². The summed E-state index contributed by atoms with van der Waals surface area (Å²) < 4.78 is 0. The molecule has 1 aliphatic rings. The Morgan fingerprint density at radius 3 is 1.96 bits per heavy atom. The molecule has 1 unspecified atom stereocenters. The number of carbonyl (C=O) groups is 3. The summed E-state index contributed by atoms with van der Waals surface area (Å²) in [6.07, 6.45) is 1.41. The Bertz CT molecular complexity index is 906. The summed E-state index contributed by atoms with van der Waals surface area (Å²) in [6.45, 7) is 0. The molecule has 7 heteroatoms. The highest BCUT2D eigenvalue weighted by atomic mass is 16.2. The minimum atomic E-state index is -0.690. The van der Waals surface area contributed by atoms with Gasteiger partial charge in [-0.2, -0.15) is 0 Å². The highest BCUT2D eigenvalue weighted by Crippen LogP contribution is 2.32. The molecule has 0 bridgehead atoms. The number of ketones is 1. The molecule has 0 fully saturated rings. The standard InChI is InChI=1S/C20H20N4O3/c21-14-3-1-5-16(10-14)24(17-6-2-4-15(22)11-17)20(27)13-7-12(19(23)26)8-18(25)9-13/h1-6,9-12H,7-8,21-22H2,(H2,23,26). The first-order valence-corrected chi connectivity index (χ1v) is 8.43. The molecule has 0 heterocycles. The summed E-state index contributed by atoms with van der Waals surface area (Å²) in [4.78, 5) is 38.3. The molecule has 0 spiro atoms. The maximum Gasteiger partial charge on any atom is 0.258 e. The Morgan fingerprint density at radius 2 is 1.48 bits per heavy atom. The first kappa shape index (κ1) is 18.2. The highest BCUT2D eigenvalue weighted by Gasteiger charge is 2.31. The number of nitrogens with two attached hydrogens (primary N) is 3. The molecule has 2 aromatic carbocycles. The third-order valence-corrected chi connectivity index (χ3v) is 4.39. The average molecular weight is 364 g/mol. The van der Waals surface area contributed by atoms with Crippen LogP contribution in [0.4, 0.5) is 22.7 Å². The van der Waals surface area contributed by atoms with Crippen molar-refractivity contribution in [2.24, 2.45) is 11.7 Å². The quantitative estimate of drug-likeness (QED) is 0.713. The van der Waals surface area contributed by atoms with Gasteiger partial charge in [-0.3, -0.25) is 19.3 Å². The number of hydrogen-bond acceptors (Lipinski definition) is 5. The van der Waals surface area contributed by atoms with Gasteiger partial charge in [-0.15, -0.1) is 0 Å². The lowest BCUT2D eigenvalue weighted by Gasteiger charge is -2.27. The van der Waals surface area contributed by atoms with Crippen molar-refractivity contribution in [1.82, 2.24) is 0 Å². The zero-order valence-electron chi connectivity index (χ0n) is 14.6. The minimum Gasteiger partial charge on any atom is -0.399 e. The van der Waals surface area contributed by atoms with Crippen molar-refractivity contribution >= 4 is 40.3 Å². The zero-order valence-corrected chi connectivity index (χ0v) is 14.6. The maximum atomic E-state index is 13.3. The van der Waals surface area contributed by atoms with Crippen molar-refractivity contribution in [2.45, 2.75) is 12.8 Å². The van der Waals surface area contributed by atoms with E-state index in [0.29, 0.717) is 22.7 Å². The van der Waals surface area contributed by atoms with Gasteiger partial charge < -0.3 is 17.2 Å². The first-order chi connectivity index (χ1) is 12.8. The molecule has 0 saturated carbocycles. The summed E-state index contributed by atoms with van der Waals surface area (Å²) in [7, 11) is 0. The second-order valence-electron chi connectivity index (χ2n) is 6.47. The van der Waals surface area contributed by atoms with E-state index in [1.165, 1.54) is 11.0 Å². The van der Waals surface area contributed by atoms with Crippen molar-refractivity contribution in [3.63, 3.8) is 0 Å². The Kier molecular flexibility index (Phi) is 4.94. The summed E-state index contributed by atoms with van der Waals surface area (Å²) in [5, 5.41) is 0. The van der Waals surface area contributed by atoms with Crippen LogP contribution in [0.3, 0.4) is 0 Å². The molecule has 138 valence electrons. The zero-order chi connectivity index (χ0) is 19.6. The van der Waals surface area contributed by atoms with Gasteiger partial charge in [-0.1, -0.05) is 12.1 Å². The second kappa shape index (κ2) is 7.33. The lowest BCUT2D eigenvalue weighted by Crippen LogP contribution is -2.34. The second-order valence-corrected chi connectivity index (χ2v) is 6.47. The van der Waals surface area contributed by atoms with E-state index >= 15 is 0 Å². The van der Waals surface area contributed by atoms with Gasteiger partial charge in [-0.05, 0) is 48.9 Å². The van der Waals surface area contributed by atoms with Crippen LogP contribution >= 0.6 is 0 Å². The molecule has 2 amide bonds. The normalized spacial score (nSPS) is 16.5. The van der Waals surface area contributed by atoms with Crippen LogP contribution < -0.4 is 22.1 Å². The number of benzene rings is 2. The fourth-order valence-corrected chi connectivity index (χ4v) is 3.10. The van der Waals surface area contributed by atoms with E-state index in [9.17, 15) is 14.4 Å². The van der Waals surface area contributed by atoms with E-state index in [1.807, 2.05) is 0 Å². The number of amides is 2. The van der Waals surface area contributed by atoms with Crippen LogP contribution in [-0.4, -0.2) is 17.6 Å². The number of anilines is 4. The van der Waals surface area contributed by atoms with Gasteiger partial charge in [0.05, 0.1) is 11.4 Å². The summed E-state index contributed by atoms with van der Waals surface area (Å²) in [5.41, 5.74) is 19.3. The van der Waals surface area contributed by atoms with Gasteiger partial charge in [0.25, 0.3) is 5.91 Å². The number of carbonyl (C=O) groups excluding carboxylic acids is 3. The number of primary amides is 1. The van der Waals surface area contributed by atoms with E-state index in [0.717, 1.165) is 0 Å². The third kappa shape index (κ3) is 3.98. The molecule has 0 aromatic heterocycles. The van der Waals surface area contributed by atoms with Gasteiger partial charge in [0.2, 0.25) is 5.91 Å². The smallest absolute Gasteiger partial charge is 0.258 e. The number of rotatable bonds is 4. The average Bonchev–Trinajstić information content (AvgIpc) is 2.61. The predicted molar refractivity (Wildman–Crippen MR) is 104 cm³/mol. The maximum absolute atomic E-state index is 13.3. The SMILES string of the molecule is NC(=O)C1CC(=O)C=C(C(=O)N(c2cccc(N)c2)c2cccc(N)c2)C1. The van der Waals surface area contributed by atoms with Crippen molar-refractivity contribution in [2.75, 3.05) is 16.4 Å². The molecule has 1 aliphatic carbocycles. The van der Waals surface area contributed by atoms with Gasteiger partial charge >= 0.3 is 0 Å². The Labute approximate surface area is 156 Å². The lowest BCUT2D eigenvalue weighted by atomic mass is 9.87. The number of hydrogen-bond donors (Lipinski definition) is 3. The number of nitrogen functional groups attached to an aromatic ring is 2. The summed E-state index contributed by atoms with van der Waals surface area (Å²) in [5.74, 6) is -2.01. The van der Waals surface area contributed by atoms with Gasteiger partial charge in [-0.25, -0.2) is 0 Å². The van der Waals surface area contributed by atoms with E-state index in [1.54, 1.807) is 48.5 Å². The number of nitrogens with zero attached hydrogens (tertiary/aromatic N) is 1.